The first-order valence-corrected chi connectivity index (χ1v) is 0. The third kappa shape index (κ3) is 20.3. The molecule has 0 N–H and O–H groups in total. The second-order valence-corrected chi connectivity index (χ2v) is 0. The number of hydrogen-bond acceptors (Lipinski definition) is 0. The molecule has 0 heterocycles. The van der Waals surface area contributed by atoms with Gasteiger partial charge in [0.1, 0.15) is 0 Å². The standard InChI is InChI=1S/Li.2O.Sr.Ti.3H/q;2*-2;;+4;;;. The van der Waals surface area contributed by atoms with Crippen LogP contribution in [0.1, 0.15) is 0 Å². The van der Waals surface area contributed by atoms with E-state index < -0.39 is 0 Å². The van der Waals surface area contributed by atoms with Gasteiger partial charge in [0.15, 0.2) is 0 Å². The van der Waals surface area contributed by atoms with E-state index in [1.165, 1.54) is 0 Å². The summed E-state index contributed by atoms with van der Waals surface area (Å²) >= 11 is 0. The normalized spacial score (nSPS) is 0. The average molecular weight is 177 g/mol. The van der Waals surface area contributed by atoms with Crippen molar-refractivity contribution in [3.05, 3.63) is 0 Å². The van der Waals surface area contributed by atoms with Crippen molar-refractivity contribution in [1.29, 1.82) is 0 Å². The van der Waals surface area contributed by atoms with E-state index in [0.717, 1.165) is 0 Å². The van der Waals surface area contributed by atoms with Gasteiger partial charge in [0.05, 0.1) is 0 Å². The maximum absolute atomic E-state index is 0. The molecular weight excluding hydrogens is 174 g/mol. The molecular formula is H3LiO2SrTi. The van der Waals surface area contributed by atoms with E-state index in [-0.39, 0.29) is 97.0 Å². The Bertz CT molecular complexity index is 9.61. The van der Waals surface area contributed by atoms with Crippen molar-refractivity contribution < 1.29 is 32.7 Å². The summed E-state index contributed by atoms with van der Waals surface area (Å²) in [7, 11) is 0. The molecule has 0 unspecified atom stereocenters. The first kappa shape index (κ1) is 47.2. The van der Waals surface area contributed by atoms with Crippen molar-refractivity contribution in [2.75, 3.05) is 0 Å². The number of hydrogen-bond donors (Lipinski definition) is 0. The summed E-state index contributed by atoms with van der Waals surface area (Å²) in [6, 6.07) is 0. The smallest absolute Gasteiger partial charge is 4.00 e. The zero-order chi connectivity index (χ0) is 0. The van der Waals surface area contributed by atoms with E-state index in [1.54, 1.807) is 0 Å². The Balaban J connectivity index is 0. The topological polar surface area (TPSA) is 57.0 Å². The van der Waals surface area contributed by atoms with Crippen molar-refractivity contribution in [2.45, 2.75) is 0 Å². The predicted molar refractivity (Wildman–Crippen MR) is 17.1 cm³/mol. The third-order valence-corrected chi connectivity index (χ3v) is 0. The Hall–Kier alpha value is 2.71. The van der Waals surface area contributed by atoms with Crippen molar-refractivity contribution in [3.8, 4) is 0 Å². The summed E-state index contributed by atoms with van der Waals surface area (Å²) in [4.78, 5) is 0. The zero-order valence-corrected chi connectivity index (χ0v) is 2.88. The fraction of sp³-hybridized carbons (Fsp3) is 0. The van der Waals surface area contributed by atoms with Gasteiger partial charge in [0, 0.05) is 0 Å². The van der Waals surface area contributed by atoms with Gasteiger partial charge in [-0.1, -0.05) is 0 Å². The van der Waals surface area contributed by atoms with Crippen LogP contribution < -0.4 is 0 Å². The molecule has 0 rings (SSSR count). The van der Waals surface area contributed by atoms with Crippen molar-refractivity contribution in [2.24, 2.45) is 0 Å². The average Bonchev–Trinajstić information content (AvgIpc) is 0. The monoisotopic (exact) mass is 178 g/mol. The fourth-order valence-corrected chi connectivity index (χ4v) is 0. The molecule has 0 aromatic carbocycles. The maximum Gasteiger partial charge on any atom is 4.00 e. The van der Waals surface area contributed by atoms with Gasteiger partial charge in [0.2, 0.25) is 0 Å². The van der Waals surface area contributed by atoms with Crippen LogP contribution in [0.4, 0.5) is 0 Å². The minimum Gasteiger partial charge on any atom is 4.00 e. The molecule has 5 heavy (non-hydrogen) atoms. The number of rotatable bonds is 0. The van der Waals surface area contributed by atoms with Crippen LogP contribution in [-0.2, 0) is 32.7 Å². The molecule has 0 atom stereocenters. The van der Waals surface area contributed by atoms with Crippen LogP contribution in [0.3, 0.4) is 0 Å². The third-order valence-electron chi connectivity index (χ3n) is 0. The second kappa shape index (κ2) is 29.8. The first-order chi connectivity index (χ1) is 0. The fourth-order valence-electron chi connectivity index (χ4n) is 0. The predicted octanol–water partition coefficient (Wildman–Crippen LogP) is -1.80. The van der Waals surface area contributed by atoms with Gasteiger partial charge in [-0.25, -0.2) is 0 Å². The molecule has 0 radical (unpaired) electrons. The molecule has 0 aliphatic rings. The van der Waals surface area contributed by atoms with Crippen LogP contribution in [0.15, 0.2) is 0 Å². The van der Waals surface area contributed by atoms with Crippen LogP contribution in [0.25, 0.3) is 0 Å². The summed E-state index contributed by atoms with van der Waals surface area (Å²) in [5, 5.41) is 0. The van der Waals surface area contributed by atoms with Crippen LogP contribution in [0, 0.1) is 0 Å². The zero-order valence-electron chi connectivity index (χ0n) is 1.32. The van der Waals surface area contributed by atoms with Crippen LogP contribution in [-0.4, -0.2) is 64.3 Å². The van der Waals surface area contributed by atoms with E-state index in [2.05, 4.69) is 0 Å². The first-order valence-electron chi connectivity index (χ1n) is 0. The van der Waals surface area contributed by atoms with Crippen molar-refractivity contribution in [1.82, 2.24) is 0 Å². The summed E-state index contributed by atoms with van der Waals surface area (Å²) in [5.74, 6) is 0. The molecule has 2 nitrogen and oxygen atoms in total. The van der Waals surface area contributed by atoms with E-state index in [4.69, 9.17) is 0 Å². The summed E-state index contributed by atoms with van der Waals surface area (Å²) in [5.41, 5.74) is 0. The summed E-state index contributed by atoms with van der Waals surface area (Å²) in [6.45, 7) is 0. The molecule has 0 saturated carbocycles. The second-order valence-electron chi connectivity index (χ2n) is 0. The Morgan fingerprint density at radius 1 is 0.800 bits per heavy atom. The molecule has 0 amide bonds. The van der Waals surface area contributed by atoms with E-state index >= 15 is 0 Å². The molecule has 0 bridgehead atoms. The Kier molecular flexibility index (Phi) is 281. The molecule has 0 aromatic rings. The summed E-state index contributed by atoms with van der Waals surface area (Å²) in [6.07, 6.45) is 0. The molecule has 22 valence electrons. The van der Waals surface area contributed by atoms with Gasteiger partial charge in [-0.05, 0) is 0 Å². The quantitative estimate of drug-likeness (QED) is 0.392. The van der Waals surface area contributed by atoms with E-state index in [9.17, 15) is 0 Å². The SMILES string of the molecule is [LiH].[O-2].[O-2].[SrH2].[Ti+4]. The summed E-state index contributed by atoms with van der Waals surface area (Å²) < 4.78 is 0. The Morgan fingerprint density at radius 2 is 0.800 bits per heavy atom. The van der Waals surface area contributed by atoms with Gasteiger partial charge in [0.25, 0.3) is 0 Å². The molecule has 5 heteroatoms. The molecule has 0 aliphatic carbocycles. The van der Waals surface area contributed by atoms with Crippen molar-refractivity contribution in [3.63, 3.8) is 0 Å². The van der Waals surface area contributed by atoms with Gasteiger partial charge in [-0.15, -0.1) is 0 Å². The van der Waals surface area contributed by atoms with Crippen LogP contribution >= 0.6 is 0 Å². The molecule has 0 spiro atoms. The van der Waals surface area contributed by atoms with Crippen molar-refractivity contribution >= 4 is 64.3 Å². The van der Waals surface area contributed by atoms with Gasteiger partial charge < -0.3 is 11.0 Å². The van der Waals surface area contributed by atoms with Gasteiger partial charge in [-0.2, -0.15) is 0 Å². The Morgan fingerprint density at radius 3 is 0.800 bits per heavy atom. The largest absolute Gasteiger partial charge is 4.00 e. The molecule has 0 fully saturated rings. The molecule has 0 saturated heterocycles. The molecule has 0 aromatic heterocycles. The van der Waals surface area contributed by atoms with E-state index in [1.807, 2.05) is 0 Å². The minimum absolute atomic E-state index is 0. The van der Waals surface area contributed by atoms with Gasteiger partial charge >= 0.3 is 86.1 Å². The van der Waals surface area contributed by atoms with Crippen LogP contribution in [0.2, 0.25) is 0 Å². The van der Waals surface area contributed by atoms with Crippen LogP contribution in [0.5, 0.6) is 0 Å². The molecule has 0 aliphatic heterocycles. The minimum atomic E-state index is 0. The maximum atomic E-state index is 0. The van der Waals surface area contributed by atoms with E-state index in [0.29, 0.717) is 0 Å². The Labute approximate surface area is 95.0 Å². The van der Waals surface area contributed by atoms with Gasteiger partial charge in [-0.3, -0.25) is 0 Å².